The van der Waals surface area contributed by atoms with Crippen LogP contribution in [0.4, 0.5) is 5.82 Å². The van der Waals surface area contributed by atoms with Gasteiger partial charge in [-0.25, -0.2) is 15.0 Å². The Balaban J connectivity index is 2.36. The average molecular weight is 277 g/mol. The van der Waals surface area contributed by atoms with Gasteiger partial charge in [-0.05, 0) is 11.8 Å². The zero-order valence-electron chi connectivity index (χ0n) is 11.0. The van der Waals surface area contributed by atoms with Crippen LogP contribution in [0.15, 0.2) is 33.3 Å². The summed E-state index contributed by atoms with van der Waals surface area (Å²) in [5.74, 6) is 1.06. The van der Waals surface area contributed by atoms with Crippen molar-refractivity contribution in [3.8, 4) is 0 Å². The van der Waals surface area contributed by atoms with Crippen molar-refractivity contribution in [1.29, 1.82) is 0 Å². The minimum Gasteiger partial charge on any atom is -0.384 e. The van der Waals surface area contributed by atoms with Gasteiger partial charge in [-0.3, -0.25) is 4.79 Å². The van der Waals surface area contributed by atoms with E-state index in [0.717, 1.165) is 0 Å². The minimum absolute atomic E-state index is 0.192. The van der Waals surface area contributed by atoms with Gasteiger partial charge < -0.3 is 10.7 Å². The van der Waals surface area contributed by atoms with Crippen LogP contribution in [-0.4, -0.2) is 19.9 Å². The summed E-state index contributed by atoms with van der Waals surface area (Å²) in [6.07, 6.45) is 1.45. The molecule has 19 heavy (non-hydrogen) atoms. The van der Waals surface area contributed by atoms with Gasteiger partial charge in [0.25, 0.3) is 5.56 Å². The molecule has 0 aromatic carbocycles. The Hall–Kier alpha value is -1.89. The van der Waals surface area contributed by atoms with E-state index in [9.17, 15) is 4.79 Å². The Labute approximate surface area is 114 Å². The second kappa shape index (κ2) is 5.00. The van der Waals surface area contributed by atoms with Crippen LogP contribution >= 0.6 is 11.8 Å². The highest BCUT2D eigenvalue weighted by atomic mass is 32.2. The number of H-pyrrole nitrogens is 1. The molecule has 0 amide bonds. The lowest BCUT2D eigenvalue weighted by Gasteiger charge is -2.17. The quantitative estimate of drug-likeness (QED) is 0.639. The van der Waals surface area contributed by atoms with Crippen molar-refractivity contribution >= 4 is 17.6 Å². The molecule has 0 spiro atoms. The van der Waals surface area contributed by atoms with Crippen molar-refractivity contribution in [3.63, 3.8) is 0 Å². The monoisotopic (exact) mass is 277 g/mol. The highest BCUT2D eigenvalue weighted by Gasteiger charge is 2.19. The number of nitrogens with two attached hydrogens (primary N) is 1. The first-order chi connectivity index (χ1) is 8.84. The third-order valence-corrected chi connectivity index (χ3v) is 3.06. The van der Waals surface area contributed by atoms with Gasteiger partial charge in [0.15, 0.2) is 5.16 Å². The van der Waals surface area contributed by atoms with Crippen molar-refractivity contribution in [1.82, 2.24) is 19.9 Å². The van der Waals surface area contributed by atoms with Gasteiger partial charge in [0.1, 0.15) is 16.7 Å². The van der Waals surface area contributed by atoms with E-state index in [1.54, 1.807) is 6.07 Å². The van der Waals surface area contributed by atoms with Crippen molar-refractivity contribution in [3.05, 3.63) is 34.5 Å². The van der Waals surface area contributed by atoms with Crippen LogP contribution in [0, 0.1) is 0 Å². The number of hydrogen-bond acceptors (Lipinski definition) is 6. The predicted octanol–water partition coefficient (Wildman–Crippen LogP) is 1.59. The van der Waals surface area contributed by atoms with Crippen molar-refractivity contribution < 1.29 is 0 Å². The standard InChI is InChI=1S/C12H15N5OS/c1-12(2,3)10-15-7(13)6-9(17-10)19-11-14-5-4-8(18)16-11/h4-6H,1-3H3,(H2,13,15,17)(H,14,16,18). The normalized spacial score (nSPS) is 11.5. The number of anilines is 1. The van der Waals surface area contributed by atoms with Gasteiger partial charge in [0.05, 0.1) is 0 Å². The molecule has 2 heterocycles. The number of nitrogens with one attached hydrogen (secondary N) is 1. The predicted molar refractivity (Wildman–Crippen MR) is 74.1 cm³/mol. The summed E-state index contributed by atoms with van der Waals surface area (Å²) in [6.45, 7) is 6.04. The van der Waals surface area contributed by atoms with E-state index >= 15 is 0 Å². The summed E-state index contributed by atoms with van der Waals surface area (Å²) in [6, 6.07) is 3.02. The first kappa shape index (κ1) is 13.5. The first-order valence-electron chi connectivity index (χ1n) is 5.73. The SMILES string of the molecule is CC(C)(C)c1nc(N)cc(Sc2nccc(=O)[nH]2)n1. The number of hydrogen-bond donors (Lipinski definition) is 2. The average Bonchev–Trinajstić information content (AvgIpc) is 2.26. The summed E-state index contributed by atoms with van der Waals surface area (Å²) in [5.41, 5.74) is 5.39. The number of aromatic amines is 1. The molecule has 0 unspecified atom stereocenters. The number of nitrogens with zero attached hydrogens (tertiary/aromatic N) is 3. The van der Waals surface area contributed by atoms with Crippen LogP contribution < -0.4 is 11.3 Å². The molecule has 0 bridgehead atoms. The zero-order valence-corrected chi connectivity index (χ0v) is 11.8. The molecule has 2 aromatic rings. The van der Waals surface area contributed by atoms with E-state index in [1.807, 2.05) is 20.8 Å². The number of rotatable bonds is 2. The van der Waals surface area contributed by atoms with E-state index in [2.05, 4.69) is 19.9 Å². The maximum absolute atomic E-state index is 11.2. The Morgan fingerprint density at radius 2 is 2.05 bits per heavy atom. The minimum atomic E-state index is -0.199. The fraction of sp³-hybridized carbons (Fsp3) is 0.333. The highest BCUT2D eigenvalue weighted by molar-refractivity contribution is 7.99. The van der Waals surface area contributed by atoms with E-state index in [1.165, 1.54) is 24.0 Å². The van der Waals surface area contributed by atoms with Crippen molar-refractivity contribution in [2.24, 2.45) is 0 Å². The lowest BCUT2D eigenvalue weighted by Crippen LogP contribution is -2.17. The fourth-order valence-corrected chi connectivity index (χ4v) is 2.11. The third-order valence-electron chi connectivity index (χ3n) is 2.24. The lowest BCUT2D eigenvalue weighted by atomic mass is 9.96. The first-order valence-corrected chi connectivity index (χ1v) is 6.54. The molecule has 0 fully saturated rings. The van der Waals surface area contributed by atoms with Crippen LogP contribution in [0.5, 0.6) is 0 Å². The molecule has 6 nitrogen and oxygen atoms in total. The molecule has 0 radical (unpaired) electrons. The zero-order chi connectivity index (χ0) is 14.0. The van der Waals surface area contributed by atoms with E-state index in [4.69, 9.17) is 5.73 Å². The van der Waals surface area contributed by atoms with Crippen molar-refractivity contribution in [2.45, 2.75) is 36.4 Å². The third kappa shape index (κ3) is 3.54. The van der Waals surface area contributed by atoms with E-state index in [-0.39, 0.29) is 11.0 Å². The maximum atomic E-state index is 11.2. The summed E-state index contributed by atoms with van der Waals surface area (Å²) >= 11 is 1.25. The second-order valence-corrected chi connectivity index (χ2v) is 6.06. The summed E-state index contributed by atoms with van der Waals surface area (Å²) in [4.78, 5) is 26.6. The molecular weight excluding hydrogens is 262 g/mol. The van der Waals surface area contributed by atoms with Crippen LogP contribution in [0.1, 0.15) is 26.6 Å². The molecule has 0 aliphatic heterocycles. The fourth-order valence-electron chi connectivity index (χ4n) is 1.33. The lowest BCUT2D eigenvalue weighted by molar-refractivity contribution is 0.539. The Kier molecular flexibility index (Phi) is 3.57. The molecule has 0 saturated carbocycles. The topological polar surface area (TPSA) is 97.5 Å². The molecule has 0 atom stereocenters. The molecule has 0 aliphatic rings. The van der Waals surface area contributed by atoms with Gasteiger partial charge >= 0.3 is 0 Å². The smallest absolute Gasteiger partial charge is 0.251 e. The largest absolute Gasteiger partial charge is 0.384 e. The maximum Gasteiger partial charge on any atom is 0.251 e. The molecule has 0 aliphatic carbocycles. The van der Waals surface area contributed by atoms with Gasteiger partial charge in [0.2, 0.25) is 0 Å². The molecule has 2 aromatic heterocycles. The Bertz CT molecular complexity index is 647. The van der Waals surface area contributed by atoms with Crippen molar-refractivity contribution in [2.75, 3.05) is 5.73 Å². The van der Waals surface area contributed by atoms with Crippen LogP contribution in [0.2, 0.25) is 0 Å². The van der Waals surface area contributed by atoms with Crippen LogP contribution in [-0.2, 0) is 5.41 Å². The summed E-state index contributed by atoms with van der Waals surface area (Å²) in [7, 11) is 0. The number of nitrogen functional groups attached to an aromatic ring is 1. The molecule has 0 saturated heterocycles. The van der Waals surface area contributed by atoms with Gasteiger partial charge in [0, 0.05) is 23.7 Å². The van der Waals surface area contributed by atoms with Crippen LogP contribution in [0.3, 0.4) is 0 Å². The Morgan fingerprint density at radius 3 is 2.68 bits per heavy atom. The molecule has 7 heteroatoms. The van der Waals surface area contributed by atoms with E-state index in [0.29, 0.717) is 21.8 Å². The Morgan fingerprint density at radius 1 is 1.32 bits per heavy atom. The second-order valence-electron chi connectivity index (χ2n) is 5.05. The van der Waals surface area contributed by atoms with E-state index < -0.39 is 0 Å². The van der Waals surface area contributed by atoms with Gasteiger partial charge in [-0.15, -0.1) is 0 Å². The van der Waals surface area contributed by atoms with Gasteiger partial charge in [-0.1, -0.05) is 20.8 Å². The van der Waals surface area contributed by atoms with Crippen LogP contribution in [0.25, 0.3) is 0 Å². The molecular formula is C12H15N5OS. The summed E-state index contributed by atoms with van der Waals surface area (Å²) in [5, 5.41) is 1.14. The highest BCUT2D eigenvalue weighted by Crippen LogP contribution is 2.26. The summed E-state index contributed by atoms with van der Waals surface area (Å²) < 4.78 is 0. The molecule has 2 rings (SSSR count). The molecule has 100 valence electrons. The van der Waals surface area contributed by atoms with Gasteiger partial charge in [-0.2, -0.15) is 0 Å². The molecule has 3 N–H and O–H groups in total. The number of aromatic nitrogens is 4.